The highest BCUT2D eigenvalue weighted by Crippen LogP contribution is 2.45. The largest absolute Gasteiger partial charge is 0.0996 e. The van der Waals surface area contributed by atoms with Crippen LogP contribution in [0.1, 0.15) is 52.9 Å². The van der Waals surface area contributed by atoms with E-state index in [-0.39, 0.29) is 0 Å². The van der Waals surface area contributed by atoms with Crippen molar-refractivity contribution in [3.63, 3.8) is 0 Å². The maximum absolute atomic E-state index is 4.21. The first-order valence-electron chi connectivity index (χ1n) is 5.25. The zero-order chi connectivity index (χ0) is 9.19. The van der Waals surface area contributed by atoms with Gasteiger partial charge in [0.15, 0.2) is 0 Å². The Bertz CT molecular complexity index is 165. The Morgan fingerprint density at radius 1 is 1.50 bits per heavy atom. The number of hydrogen-bond donors (Lipinski definition) is 0. The summed E-state index contributed by atoms with van der Waals surface area (Å²) in [6.45, 7) is 11.3. The maximum Gasteiger partial charge on any atom is -0.0155 e. The standard InChI is InChI=1S/C12H22/c1-5-7-11-10(2)8-6-9-12(11,3)4/h11H,2,5-9H2,1,3-4H3. The molecule has 1 atom stereocenters. The summed E-state index contributed by atoms with van der Waals surface area (Å²) in [6, 6.07) is 0. The molecule has 0 aliphatic heterocycles. The van der Waals surface area contributed by atoms with E-state index in [4.69, 9.17) is 0 Å². The summed E-state index contributed by atoms with van der Waals surface area (Å²) in [5.41, 5.74) is 2.03. The molecule has 1 aliphatic rings. The van der Waals surface area contributed by atoms with E-state index in [9.17, 15) is 0 Å². The molecule has 0 heterocycles. The van der Waals surface area contributed by atoms with E-state index >= 15 is 0 Å². The van der Waals surface area contributed by atoms with Crippen LogP contribution in [0.4, 0.5) is 0 Å². The molecule has 1 unspecified atom stereocenters. The zero-order valence-electron chi connectivity index (χ0n) is 8.82. The summed E-state index contributed by atoms with van der Waals surface area (Å²) in [6.07, 6.45) is 6.65. The van der Waals surface area contributed by atoms with Gasteiger partial charge in [0.05, 0.1) is 0 Å². The van der Waals surface area contributed by atoms with Gasteiger partial charge in [-0.05, 0) is 37.0 Å². The third kappa shape index (κ3) is 1.91. The molecule has 0 aromatic carbocycles. The van der Waals surface area contributed by atoms with Crippen molar-refractivity contribution in [1.29, 1.82) is 0 Å². The van der Waals surface area contributed by atoms with Gasteiger partial charge in [0, 0.05) is 0 Å². The predicted octanol–water partition coefficient (Wildman–Crippen LogP) is 4.17. The van der Waals surface area contributed by atoms with Crippen molar-refractivity contribution in [3.05, 3.63) is 12.2 Å². The molecule has 0 heteroatoms. The first kappa shape index (κ1) is 9.83. The minimum Gasteiger partial charge on any atom is -0.0996 e. The van der Waals surface area contributed by atoms with Gasteiger partial charge < -0.3 is 0 Å². The van der Waals surface area contributed by atoms with Gasteiger partial charge in [0.2, 0.25) is 0 Å². The van der Waals surface area contributed by atoms with Gasteiger partial charge in [0.25, 0.3) is 0 Å². The Morgan fingerprint density at radius 2 is 2.17 bits per heavy atom. The van der Waals surface area contributed by atoms with Gasteiger partial charge in [-0.3, -0.25) is 0 Å². The van der Waals surface area contributed by atoms with Crippen molar-refractivity contribution in [2.75, 3.05) is 0 Å². The molecule has 12 heavy (non-hydrogen) atoms. The summed E-state index contributed by atoms with van der Waals surface area (Å²) < 4.78 is 0. The fourth-order valence-electron chi connectivity index (χ4n) is 2.56. The van der Waals surface area contributed by atoms with E-state index in [1.807, 2.05) is 0 Å². The lowest BCUT2D eigenvalue weighted by atomic mass is 9.65. The van der Waals surface area contributed by atoms with Gasteiger partial charge in [0.1, 0.15) is 0 Å². The molecule has 1 aliphatic carbocycles. The molecule has 1 saturated carbocycles. The average molecular weight is 166 g/mol. The van der Waals surface area contributed by atoms with Crippen LogP contribution in [-0.4, -0.2) is 0 Å². The minimum atomic E-state index is 0.519. The molecule has 0 amide bonds. The van der Waals surface area contributed by atoms with Crippen LogP contribution < -0.4 is 0 Å². The lowest BCUT2D eigenvalue weighted by molar-refractivity contribution is 0.179. The van der Waals surface area contributed by atoms with Crippen molar-refractivity contribution in [3.8, 4) is 0 Å². The molecule has 70 valence electrons. The normalized spacial score (nSPS) is 28.9. The van der Waals surface area contributed by atoms with Crippen LogP contribution in [0.5, 0.6) is 0 Å². The third-order valence-corrected chi connectivity index (χ3v) is 3.33. The zero-order valence-corrected chi connectivity index (χ0v) is 8.82. The highest BCUT2D eigenvalue weighted by atomic mass is 14.4. The first-order valence-corrected chi connectivity index (χ1v) is 5.25. The second-order valence-corrected chi connectivity index (χ2v) is 4.84. The van der Waals surface area contributed by atoms with Gasteiger partial charge in [-0.1, -0.05) is 39.3 Å². The molecule has 0 nitrogen and oxygen atoms in total. The topological polar surface area (TPSA) is 0 Å². The van der Waals surface area contributed by atoms with Gasteiger partial charge >= 0.3 is 0 Å². The second kappa shape index (κ2) is 3.64. The Hall–Kier alpha value is -0.260. The fraction of sp³-hybridized carbons (Fsp3) is 0.833. The third-order valence-electron chi connectivity index (χ3n) is 3.33. The van der Waals surface area contributed by atoms with Gasteiger partial charge in [-0.15, -0.1) is 0 Å². The quantitative estimate of drug-likeness (QED) is 0.540. The Kier molecular flexibility index (Phi) is 2.98. The Labute approximate surface area is 77.1 Å². The fourth-order valence-corrected chi connectivity index (χ4v) is 2.56. The molecule has 0 radical (unpaired) electrons. The monoisotopic (exact) mass is 166 g/mol. The van der Waals surface area contributed by atoms with Crippen molar-refractivity contribution in [2.45, 2.75) is 52.9 Å². The Balaban J connectivity index is 2.67. The van der Waals surface area contributed by atoms with E-state index in [0.717, 1.165) is 5.92 Å². The molecule has 0 aromatic heterocycles. The smallest absolute Gasteiger partial charge is 0.0155 e. The average Bonchev–Trinajstić information content (AvgIpc) is 1.97. The first-order chi connectivity index (χ1) is 5.58. The second-order valence-electron chi connectivity index (χ2n) is 4.84. The van der Waals surface area contributed by atoms with Crippen LogP contribution in [0.2, 0.25) is 0 Å². The van der Waals surface area contributed by atoms with Crippen molar-refractivity contribution in [1.82, 2.24) is 0 Å². The van der Waals surface area contributed by atoms with E-state index in [0.29, 0.717) is 5.41 Å². The molecule has 1 rings (SSSR count). The van der Waals surface area contributed by atoms with Crippen LogP contribution in [0.25, 0.3) is 0 Å². The summed E-state index contributed by atoms with van der Waals surface area (Å²) in [5.74, 6) is 0.788. The SMILES string of the molecule is C=C1CCCC(C)(C)C1CCC. The molecule has 0 saturated heterocycles. The molecular weight excluding hydrogens is 144 g/mol. The summed E-state index contributed by atoms with van der Waals surface area (Å²) in [4.78, 5) is 0. The summed E-state index contributed by atoms with van der Waals surface area (Å²) in [7, 11) is 0. The van der Waals surface area contributed by atoms with Crippen LogP contribution in [0, 0.1) is 11.3 Å². The highest BCUT2D eigenvalue weighted by Gasteiger charge is 2.33. The van der Waals surface area contributed by atoms with Crippen molar-refractivity contribution in [2.24, 2.45) is 11.3 Å². The minimum absolute atomic E-state index is 0.519. The number of allylic oxidation sites excluding steroid dienone is 1. The lowest BCUT2D eigenvalue weighted by Crippen LogP contribution is -2.29. The summed E-state index contributed by atoms with van der Waals surface area (Å²) >= 11 is 0. The van der Waals surface area contributed by atoms with Gasteiger partial charge in [-0.2, -0.15) is 0 Å². The van der Waals surface area contributed by atoms with Crippen molar-refractivity contribution < 1.29 is 0 Å². The van der Waals surface area contributed by atoms with E-state index < -0.39 is 0 Å². The molecule has 0 spiro atoms. The Morgan fingerprint density at radius 3 is 2.67 bits per heavy atom. The summed E-state index contributed by atoms with van der Waals surface area (Å²) in [5, 5.41) is 0. The highest BCUT2D eigenvalue weighted by molar-refractivity contribution is 5.08. The number of rotatable bonds is 2. The predicted molar refractivity (Wildman–Crippen MR) is 55.2 cm³/mol. The maximum atomic E-state index is 4.21. The van der Waals surface area contributed by atoms with Crippen LogP contribution >= 0.6 is 0 Å². The van der Waals surface area contributed by atoms with Crippen LogP contribution in [-0.2, 0) is 0 Å². The van der Waals surface area contributed by atoms with Gasteiger partial charge in [-0.25, -0.2) is 0 Å². The molecule has 0 aromatic rings. The lowest BCUT2D eigenvalue weighted by Gasteiger charge is -2.40. The van der Waals surface area contributed by atoms with E-state index in [1.165, 1.54) is 37.7 Å². The van der Waals surface area contributed by atoms with Crippen molar-refractivity contribution >= 4 is 0 Å². The molecule has 1 fully saturated rings. The molecule has 0 N–H and O–H groups in total. The van der Waals surface area contributed by atoms with E-state index in [2.05, 4.69) is 27.4 Å². The number of hydrogen-bond acceptors (Lipinski definition) is 0. The molecule has 0 bridgehead atoms. The van der Waals surface area contributed by atoms with Crippen LogP contribution in [0.3, 0.4) is 0 Å². The molecular formula is C12H22. The van der Waals surface area contributed by atoms with Crippen LogP contribution in [0.15, 0.2) is 12.2 Å². The van der Waals surface area contributed by atoms with E-state index in [1.54, 1.807) is 0 Å².